The van der Waals surface area contributed by atoms with Gasteiger partial charge in [-0.15, -0.1) is 10.2 Å². The molecule has 0 unspecified atom stereocenters. The van der Waals surface area contributed by atoms with Crippen LogP contribution in [-0.4, -0.2) is 25.7 Å². The number of anilines is 1. The maximum atomic E-state index is 13.0. The highest BCUT2D eigenvalue weighted by Crippen LogP contribution is 2.21. The minimum atomic E-state index is -0.320. The number of fused-ring (bicyclic) bond motifs is 1. The fraction of sp³-hybridized carbons (Fsp3) is 0.100. The van der Waals surface area contributed by atoms with Crippen molar-refractivity contribution in [2.24, 2.45) is 0 Å². The minimum absolute atomic E-state index is 0.170. The lowest BCUT2D eigenvalue weighted by atomic mass is 10.1. The number of nitrogens with zero attached hydrogens (tertiary/aromatic N) is 4. The second-order valence-electron chi connectivity index (χ2n) is 6.17. The molecule has 2 aromatic carbocycles. The van der Waals surface area contributed by atoms with Gasteiger partial charge >= 0.3 is 0 Å². The van der Waals surface area contributed by atoms with Crippen LogP contribution in [0.5, 0.6) is 0 Å². The Balaban J connectivity index is 1.53. The number of rotatable bonds is 4. The maximum absolute atomic E-state index is 13.0. The molecule has 0 aliphatic heterocycles. The number of carbonyl (C=O) groups excluding carboxylic acids is 1. The molecule has 1 amide bonds. The summed E-state index contributed by atoms with van der Waals surface area (Å²) in [5.74, 6) is 0.215. The van der Waals surface area contributed by atoms with Crippen LogP contribution in [0.15, 0.2) is 60.7 Å². The molecular weight excluding hydrogens is 345 g/mol. The van der Waals surface area contributed by atoms with Crippen LogP contribution in [0.25, 0.3) is 16.9 Å². The van der Waals surface area contributed by atoms with Crippen LogP contribution in [0.4, 0.5) is 10.1 Å². The highest BCUT2D eigenvalue weighted by atomic mass is 19.1. The quantitative estimate of drug-likeness (QED) is 0.605. The number of hydrogen-bond donors (Lipinski definition) is 1. The molecular formula is C20H16FN5O. The summed E-state index contributed by atoms with van der Waals surface area (Å²) in [6, 6.07) is 17.1. The molecule has 0 spiro atoms. The molecule has 0 atom stereocenters. The largest absolute Gasteiger partial charge is 0.326 e. The Kier molecular flexibility index (Phi) is 4.33. The van der Waals surface area contributed by atoms with Crippen LogP contribution >= 0.6 is 0 Å². The number of aryl methyl sites for hydroxylation is 1. The van der Waals surface area contributed by atoms with Gasteiger partial charge in [0, 0.05) is 11.3 Å². The van der Waals surface area contributed by atoms with E-state index in [-0.39, 0.29) is 18.1 Å². The van der Waals surface area contributed by atoms with E-state index < -0.39 is 0 Å². The molecule has 0 fully saturated rings. The van der Waals surface area contributed by atoms with Crippen LogP contribution in [-0.2, 0) is 11.2 Å². The Morgan fingerprint density at radius 1 is 1.07 bits per heavy atom. The summed E-state index contributed by atoms with van der Waals surface area (Å²) >= 11 is 0. The minimum Gasteiger partial charge on any atom is -0.326 e. The number of nitrogens with one attached hydrogen (secondary N) is 1. The van der Waals surface area contributed by atoms with Crippen molar-refractivity contribution in [1.29, 1.82) is 0 Å². The van der Waals surface area contributed by atoms with Crippen molar-refractivity contribution in [2.45, 2.75) is 13.3 Å². The molecule has 0 aliphatic carbocycles. The Morgan fingerprint density at radius 3 is 2.70 bits per heavy atom. The highest BCUT2D eigenvalue weighted by molar-refractivity contribution is 5.92. The second kappa shape index (κ2) is 6.95. The van der Waals surface area contributed by atoms with Gasteiger partial charge in [-0.05, 0) is 48.9 Å². The Labute approximate surface area is 154 Å². The third kappa shape index (κ3) is 3.67. The molecule has 4 aromatic rings. The Morgan fingerprint density at radius 2 is 1.89 bits per heavy atom. The molecule has 0 aliphatic rings. The first-order valence-corrected chi connectivity index (χ1v) is 8.42. The Hall–Kier alpha value is -3.61. The molecule has 6 nitrogen and oxygen atoms in total. The summed E-state index contributed by atoms with van der Waals surface area (Å²) in [7, 11) is 0. The predicted octanol–water partition coefficient (Wildman–Crippen LogP) is 3.42. The average molecular weight is 361 g/mol. The van der Waals surface area contributed by atoms with Crippen LogP contribution in [0.3, 0.4) is 0 Å². The SMILES string of the molecule is Cc1nnc2ccc(-c3cccc(NC(=O)Cc4ccc(F)cc4)c3)nn12. The fourth-order valence-corrected chi connectivity index (χ4v) is 2.80. The normalized spacial score (nSPS) is 10.9. The van der Waals surface area contributed by atoms with Crippen LogP contribution in [0.2, 0.25) is 0 Å². The summed E-state index contributed by atoms with van der Waals surface area (Å²) in [6.07, 6.45) is 0.175. The van der Waals surface area contributed by atoms with Gasteiger partial charge in [0.2, 0.25) is 5.91 Å². The summed E-state index contributed by atoms with van der Waals surface area (Å²) in [5.41, 5.74) is 3.71. The van der Waals surface area contributed by atoms with Crippen molar-refractivity contribution in [3.05, 3.63) is 77.9 Å². The van der Waals surface area contributed by atoms with E-state index in [0.717, 1.165) is 16.8 Å². The molecule has 134 valence electrons. The monoisotopic (exact) mass is 361 g/mol. The standard InChI is InChI=1S/C20H16FN5O/c1-13-23-24-19-10-9-18(25-26(13)19)15-3-2-4-17(12-15)22-20(27)11-14-5-7-16(21)8-6-14/h2-10,12H,11H2,1H3,(H,22,27). The average Bonchev–Trinajstić information content (AvgIpc) is 3.04. The molecule has 0 bridgehead atoms. The van der Waals surface area contributed by atoms with Gasteiger partial charge in [0.15, 0.2) is 11.5 Å². The lowest BCUT2D eigenvalue weighted by Crippen LogP contribution is -2.14. The van der Waals surface area contributed by atoms with Gasteiger partial charge in [-0.1, -0.05) is 24.3 Å². The smallest absolute Gasteiger partial charge is 0.228 e. The van der Waals surface area contributed by atoms with Gasteiger partial charge in [0.05, 0.1) is 12.1 Å². The lowest BCUT2D eigenvalue weighted by molar-refractivity contribution is -0.115. The van der Waals surface area contributed by atoms with Crippen molar-refractivity contribution in [2.75, 3.05) is 5.32 Å². The van der Waals surface area contributed by atoms with E-state index in [0.29, 0.717) is 17.2 Å². The molecule has 4 rings (SSSR count). The summed E-state index contributed by atoms with van der Waals surface area (Å²) in [5, 5.41) is 15.4. The molecule has 2 heterocycles. The number of benzene rings is 2. The molecule has 1 N–H and O–H groups in total. The van der Waals surface area contributed by atoms with E-state index >= 15 is 0 Å². The third-order valence-electron chi connectivity index (χ3n) is 4.14. The molecule has 0 saturated carbocycles. The molecule has 27 heavy (non-hydrogen) atoms. The van der Waals surface area contributed by atoms with Gasteiger partial charge in [-0.3, -0.25) is 4.79 Å². The first kappa shape index (κ1) is 16.8. The van der Waals surface area contributed by atoms with Gasteiger partial charge < -0.3 is 5.32 Å². The zero-order valence-electron chi connectivity index (χ0n) is 14.6. The lowest BCUT2D eigenvalue weighted by Gasteiger charge is -2.08. The summed E-state index contributed by atoms with van der Waals surface area (Å²) in [6.45, 7) is 1.84. The summed E-state index contributed by atoms with van der Waals surface area (Å²) < 4.78 is 14.6. The molecule has 0 radical (unpaired) electrons. The number of amides is 1. The topological polar surface area (TPSA) is 72.2 Å². The van der Waals surface area contributed by atoms with E-state index in [1.165, 1.54) is 12.1 Å². The Bertz CT molecular complexity index is 1120. The first-order valence-electron chi connectivity index (χ1n) is 8.42. The molecule has 0 saturated heterocycles. The van der Waals surface area contributed by atoms with Gasteiger partial charge in [0.1, 0.15) is 5.82 Å². The molecule has 7 heteroatoms. The molecule has 2 aromatic heterocycles. The third-order valence-corrected chi connectivity index (χ3v) is 4.14. The van der Waals surface area contributed by atoms with Crippen LogP contribution in [0.1, 0.15) is 11.4 Å². The maximum Gasteiger partial charge on any atom is 0.228 e. The number of carbonyl (C=O) groups is 1. The number of aromatic nitrogens is 4. The van der Waals surface area contributed by atoms with E-state index in [4.69, 9.17) is 0 Å². The predicted molar refractivity (Wildman–Crippen MR) is 99.7 cm³/mol. The van der Waals surface area contributed by atoms with Crippen molar-refractivity contribution in [3.63, 3.8) is 0 Å². The zero-order chi connectivity index (χ0) is 18.8. The number of hydrogen-bond acceptors (Lipinski definition) is 4. The van der Waals surface area contributed by atoms with Gasteiger partial charge in [-0.2, -0.15) is 9.61 Å². The van der Waals surface area contributed by atoms with Crippen LogP contribution < -0.4 is 5.32 Å². The van der Waals surface area contributed by atoms with Crippen molar-refractivity contribution in [1.82, 2.24) is 19.8 Å². The van der Waals surface area contributed by atoms with Gasteiger partial charge in [-0.25, -0.2) is 4.39 Å². The second-order valence-corrected chi connectivity index (χ2v) is 6.17. The first-order chi connectivity index (χ1) is 13.1. The van der Waals surface area contributed by atoms with E-state index in [1.807, 2.05) is 43.3 Å². The van der Waals surface area contributed by atoms with E-state index in [9.17, 15) is 9.18 Å². The van der Waals surface area contributed by atoms with Crippen molar-refractivity contribution >= 4 is 17.2 Å². The zero-order valence-corrected chi connectivity index (χ0v) is 14.6. The van der Waals surface area contributed by atoms with E-state index in [2.05, 4.69) is 20.6 Å². The number of halogens is 1. The van der Waals surface area contributed by atoms with Crippen LogP contribution in [0, 0.1) is 12.7 Å². The summed E-state index contributed by atoms with van der Waals surface area (Å²) in [4.78, 5) is 12.3. The van der Waals surface area contributed by atoms with E-state index in [1.54, 1.807) is 16.6 Å². The van der Waals surface area contributed by atoms with Gasteiger partial charge in [0.25, 0.3) is 0 Å². The van der Waals surface area contributed by atoms with Crippen molar-refractivity contribution < 1.29 is 9.18 Å². The van der Waals surface area contributed by atoms with Crippen molar-refractivity contribution in [3.8, 4) is 11.3 Å². The highest BCUT2D eigenvalue weighted by Gasteiger charge is 2.08. The fourth-order valence-electron chi connectivity index (χ4n) is 2.80.